The number of hydrogen-bond acceptors (Lipinski definition) is 5. The summed E-state index contributed by atoms with van der Waals surface area (Å²) in [7, 11) is 0. The van der Waals surface area contributed by atoms with Gasteiger partial charge in [-0.3, -0.25) is 0 Å². The summed E-state index contributed by atoms with van der Waals surface area (Å²) in [5.74, 6) is -1.57. The van der Waals surface area contributed by atoms with E-state index in [1.54, 1.807) is 0 Å². The summed E-state index contributed by atoms with van der Waals surface area (Å²) in [6.45, 7) is -0.0242. The predicted octanol–water partition coefficient (Wildman–Crippen LogP) is -0.205. The molecule has 13 heavy (non-hydrogen) atoms. The Morgan fingerprint density at radius 2 is 1.62 bits per heavy atom. The maximum atomic E-state index is 9.24. The fourth-order valence-corrected chi connectivity index (χ4v) is 0.954. The lowest BCUT2D eigenvalue weighted by atomic mass is 10.1. The molecule has 0 radical (unpaired) electrons. The van der Waals surface area contributed by atoms with Crippen LogP contribution in [0.2, 0.25) is 0 Å². The maximum Gasteiger partial charge on any atom is 0.200 e. The van der Waals surface area contributed by atoms with Crippen molar-refractivity contribution in [3.63, 3.8) is 0 Å². The molecule has 0 aliphatic carbocycles. The third-order valence-electron chi connectivity index (χ3n) is 1.70. The van der Waals surface area contributed by atoms with E-state index in [2.05, 4.69) is 0 Å². The van der Waals surface area contributed by atoms with Gasteiger partial charge in [0.25, 0.3) is 0 Å². The molecule has 0 bridgehead atoms. The van der Waals surface area contributed by atoms with Crippen molar-refractivity contribution in [3.05, 3.63) is 17.7 Å². The van der Waals surface area contributed by atoms with Gasteiger partial charge in [-0.1, -0.05) is 0 Å². The minimum Gasteiger partial charge on any atom is -0.504 e. The Bertz CT molecular complexity index is 290. The Kier molecular flexibility index (Phi) is 2.60. The van der Waals surface area contributed by atoms with Gasteiger partial charge in [-0.05, 0) is 17.7 Å². The fraction of sp³-hybridized carbons (Fsp3) is 0.250. The van der Waals surface area contributed by atoms with Crippen LogP contribution in [0.4, 0.5) is 0 Å². The van der Waals surface area contributed by atoms with Crippen molar-refractivity contribution in [2.45, 2.75) is 6.10 Å². The van der Waals surface area contributed by atoms with Crippen LogP contribution in [-0.4, -0.2) is 27.0 Å². The highest BCUT2D eigenvalue weighted by Gasteiger charge is 2.12. The second-order valence-electron chi connectivity index (χ2n) is 2.66. The van der Waals surface area contributed by atoms with Gasteiger partial charge in [0.2, 0.25) is 0 Å². The number of aromatic hydroxyl groups is 3. The average Bonchev–Trinajstić information content (AvgIpc) is 2.12. The second kappa shape index (κ2) is 3.51. The van der Waals surface area contributed by atoms with Crippen LogP contribution < -0.4 is 5.73 Å². The molecule has 0 spiro atoms. The summed E-state index contributed by atoms with van der Waals surface area (Å²) in [4.78, 5) is 0. The largest absolute Gasteiger partial charge is 0.504 e. The quantitative estimate of drug-likeness (QED) is 0.410. The van der Waals surface area contributed by atoms with E-state index in [1.165, 1.54) is 0 Å². The Morgan fingerprint density at radius 1 is 1.15 bits per heavy atom. The number of hydrogen-bond donors (Lipinski definition) is 5. The summed E-state index contributed by atoms with van der Waals surface area (Å²) < 4.78 is 0. The van der Waals surface area contributed by atoms with E-state index in [4.69, 9.17) is 21.1 Å². The van der Waals surface area contributed by atoms with Crippen LogP contribution in [0.25, 0.3) is 0 Å². The number of benzene rings is 1. The summed E-state index contributed by atoms with van der Waals surface area (Å²) in [5, 5.41) is 36.3. The van der Waals surface area contributed by atoms with Gasteiger partial charge in [-0.15, -0.1) is 0 Å². The first-order chi connectivity index (χ1) is 6.06. The molecular weight excluding hydrogens is 174 g/mol. The molecule has 0 saturated carbocycles. The van der Waals surface area contributed by atoms with Crippen molar-refractivity contribution in [3.8, 4) is 17.2 Å². The summed E-state index contributed by atoms with van der Waals surface area (Å²) in [6, 6.07) is 2.29. The first-order valence-electron chi connectivity index (χ1n) is 3.69. The third-order valence-corrected chi connectivity index (χ3v) is 1.70. The lowest BCUT2D eigenvalue weighted by Gasteiger charge is -2.09. The molecule has 0 unspecified atom stereocenters. The number of phenols is 3. The van der Waals surface area contributed by atoms with Crippen LogP contribution in [0.3, 0.4) is 0 Å². The molecule has 1 atom stereocenters. The van der Waals surface area contributed by atoms with Gasteiger partial charge in [0.15, 0.2) is 17.2 Å². The molecule has 5 heteroatoms. The highest BCUT2D eigenvalue weighted by Crippen LogP contribution is 2.36. The normalized spacial score (nSPS) is 12.8. The van der Waals surface area contributed by atoms with Crippen molar-refractivity contribution in [1.82, 2.24) is 0 Å². The molecule has 0 amide bonds. The van der Waals surface area contributed by atoms with E-state index < -0.39 is 23.4 Å². The van der Waals surface area contributed by atoms with Gasteiger partial charge in [0.1, 0.15) is 0 Å². The molecular formula is C8H11NO4. The maximum absolute atomic E-state index is 9.24. The predicted molar refractivity (Wildman–Crippen MR) is 45.5 cm³/mol. The number of phenolic OH excluding ortho intramolecular Hbond substituents is 3. The third kappa shape index (κ3) is 1.82. The van der Waals surface area contributed by atoms with Crippen LogP contribution in [0, 0.1) is 0 Å². The van der Waals surface area contributed by atoms with Crippen molar-refractivity contribution < 1.29 is 20.4 Å². The molecule has 0 heterocycles. The van der Waals surface area contributed by atoms with E-state index in [-0.39, 0.29) is 12.1 Å². The molecule has 0 aromatic heterocycles. The van der Waals surface area contributed by atoms with E-state index in [9.17, 15) is 5.11 Å². The van der Waals surface area contributed by atoms with Crippen molar-refractivity contribution in [2.24, 2.45) is 5.73 Å². The number of aliphatic hydroxyl groups is 1. The Labute approximate surface area is 74.7 Å². The molecule has 6 N–H and O–H groups in total. The monoisotopic (exact) mass is 185 g/mol. The molecule has 1 aromatic carbocycles. The zero-order chi connectivity index (χ0) is 10.0. The summed E-state index contributed by atoms with van der Waals surface area (Å²) in [6.07, 6.45) is -0.961. The lowest BCUT2D eigenvalue weighted by molar-refractivity contribution is 0.185. The summed E-state index contributed by atoms with van der Waals surface area (Å²) >= 11 is 0. The minimum atomic E-state index is -0.961. The smallest absolute Gasteiger partial charge is 0.200 e. The van der Waals surface area contributed by atoms with Gasteiger partial charge in [-0.25, -0.2) is 0 Å². The highest BCUT2D eigenvalue weighted by atomic mass is 16.3. The molecule has 0 saturated heterocycles. The van der Waals surface area contributed by atoms with Gasteiger partial charge >= 0.3 is 0 Å². The summed E-state index contributed by atoms with van der Waals surface area (Å²) in [5.41, 5.74) is 5.43. The second-order valence-corrected chi connectivity index (χ2v) is 2.66. The van der Waals surface area contributed by atoms with E-state index in [0.29, 0.717) is 0 Å². The molecule has 72 valence electrons. The first-order valence-corrected chi connectivity index (χ1v) is 3.69. The van der Waals surface area contributed by atoms with E-state index in [0.717, 1.165) is 12.1 Å². The lowest BCUT2D eigenvalue weighted by Crippen LogP contribution is -2.11. The van der Waals surface area contributed by atoms with Crippen molar-refractivity contribution in [2.75, 3.05) is 6.54 Å². The zero-order valence-corrected chi connectivity index (χ0v) is 6.81. The Hall–Kier alpha value is -1.46. The molecule has 0 aliphatic heterocycles. The number of aliphatic hydroxyl groups excluding tert-OH is 1. The highest BCUT2D eigenvalue weighted by molar-refractivity contribution is 5.51. The van der Waals surface area contributed by atoms with Crippen LogP contribution in [0.5, 0.6) is 17.2 Å². The van der Waals surface area contributed by atoms with E-state index in [1.807, 2.05) is 0 Å². The Balaban J connectivity index is 3.13. The van der Waals surface area contributed by atoms with Crippen molar-refractivity contribution >= 4 is 0 Å². The fourth-order valence-electron chi connectivity index (χ4n) is 0.954. The van der Waals surface area contributed by atoms with Gasteiger partial charge in [0, 0.05) is 6.54 Å². The SMILES string of the molecule is NC[C@H](O)c1cc(O)c(O)c(O)c1. The van der Waals surface area contributed by atoms with Gasteiger partial charge in [0.05, 0.1) is 6.10 Å². The minimum absolute atomic E-state index is 0.0242. The molecule has 0 fully saturated rings. The van der Waals surface area contributed by atoms with Crippen LogP contribution in [-0.2, 0) is 0 Å². The number of rotatable bonds is 2. The van der Waals surface area contributed by atoms with E-state index >= 15 is 0 Å². The van der Waals surface area contributed by atoms with Crippen LogP contribution in [0.1, 0.15) is 11.7 Å². The zero-order valence-electron chi connectivity index (χ0n) is 6.81. The molecule has 5 nitrogen and oxygen atoms in total. The van der Waals surface area contributed by atoms with Crippen LogP contribution >= 0.6 is 0 Å². The number of nitrogens with two attached hydrogens (primary N) is 1. The molecule has 1 rings (SSSR count). The Morgan fingerprint density at radius 3 is 2.00 bits per heavy atom. The standard InChI is InChI=1S/C8H11NO4/c9-3-7(12)4-1-5(10)8(13)6(11)2-4/h1-2,7,10-13H,3,9H2/t7-/m0/s1. The average molecular weight is 185 g/mol. The first kappa shape index (κ1) is 9.63. The molecule has 1 aromatic rings. The van der Waals surface area contributed by atoms with Gasteiger partial charge < -0.3 is 26.2 Å². The van der Waals surface area contributed by atoms with Gasteiger partial charge in [-0.2, -0.15) is 0 Å². The van der Waals surface area contributed by atoms with Crippen molar-refractivity contribution in [1.29, 1.82) is 0 Å². The topological polar surface area (TPSA) is 107 Å². The molecule has 0 aliphatic rings. The van der Waals surface area contributed by atoms with Crippen LogP contribution in [0.15, 0.2) is 12.1 Å².